The van der Waals surface area contributed by atoms with Gasteiger partial charge < -0.3 is 15.5 Å². The van der Waals surface area contributed by atoms with Crippen LogP contribution < -0.4 is 16.6 Å². The highest BCUT2D eigenvalue weighted by atomic mass is 32.1. The summed E-state index contributed by atoms with van der Waals surface area (Å²) in [5.74, 6) is 1.17. The van der Waals surface area contributed by atoms with Crippen LogP contribution in [-0.4, -0.2) is 22.6 Å². The van der Waals surface area contributed by atoms with Crippen molar-refractivity contribution in [3.05, 3.63) is 46.8 Å². The van der Waals surface area contributed by atoms with Crippen molar-refractivity contribution >= 4 is 27.5 Å². The number of nitrogens with zero attached hydrogens (tertiary/aromatic N) is 2. The van der Waals surface area contributed by atoms with Gasteiger partial charge in [-0.15, -0.1) is 17.9 Å². The van der Waals surface area contributed by atoms with E-state index in [1.165, 1.54) is 11.3 Å². The van der Waals surface area contributed by atoms with Crippen LogP contribution >= 0.6 is 11.3 Å². The van der Waals surface area contributed by atoms with Crippen LogP contribution in [0, 0.1) is 0 Å². The van der Waals surface area contributed by atoms with Gasteiger partial charge in [0.25, 0.3) is 5.56 Å². The lowest BCUT2D eigenvalue weighted by Gasteiger charge is -2.11. The number of anilines is 1. The maximum atomic E-state index is 12.8. The third-order valence-corrected chi connectivity index (χ3v) is 4.09. The first-order chi connectivity index (χ1) is 10.8. The fraction of sp³-hybridized carbons (Fsp3) is 0.200. The second kappa shape index (κ2) is 6.17. The second-order valence-corrected chi connectivity index (χ2v) is 5.52. The molecule has 0 aromatic carbocycles. The molecule has 0 aliphatic rings. The fourth-order valence-corrected chi connectivity index (χ4v) is 3.17. The molecule has 3 aromatic heterocycles. The van der Waals surface area contributed by atoms with Gasteiger partial charge >= 0.3 is 0 Å². The summed E-state index contributed by atoms with van der Waals surface area (Å²) in [7, 11) is 0. The zero-order chi connectivity index (χ0) is 15.5. The summed E-state index contributed by atoms with van der Waals surface area (Å²) in [5.41, 5.74) is 6.17. The van der Waals surface area contributed by atoms with Gasteiger partial charge in [-0.1, -0.05) is 6.08 Å². The molecule has 3 N–H and O–H groups in total. The zero-order valence-electron chi connectivity index (χ0n) is 11.9. The normalized spacial score (nSPS) is 11.0. The van der Waals surface area contributed by atoms with Gasteiger partial charge in [-0.3, -0.25) is 9.36 Å². The van der Waals surface area contributed by atoms with Crippen LogP contribution in [0.4, 0.5) is 5.95 Å². The quantitative estimate of drug-likeness (QED) is 0.681. The van der Waals surface area contributed by atoms with Gasteiger partial charge in [0.05, 0.1) is 11.6 Å². The molecule has 0 aliphatic heterocycles. The Hall–Kier alpha value is -2.38. The average molecular weight is 316 g/mol. The van der Waals surface area contributed by atoms with Crippen molar-refractivity contribution in [1.82, 2.24) is 9.55 Å². The van der Waals surface area contributed by atoms with Crippen LogP contribution in [0.5, 0.6) is 0 Å². The van der Waals surface area contributed by atoms with Crippen molar-refractivity contribution < 1.29 is 4.42 Å². The Bertz CT molecular complexity index is 848. The van der Waals surface area contributed by atoms with Gasteiger partial charge in [-0.05, 0) is 12.1 Å². The molecule has 3 aromatic rings. The molecule has 0 unspecified atom stereocenters. The van der Waals surface area contributed by atoms with Crippen LogP contribution in [0.1, 0.15) is 0 Å². The Morgan fingerprint density at radius 3 is 3.09 bits per heavy atom. The number of hydrogen-bond donors (Lipinski definition) is 2. The molecule has 0 bridgehead atoms. The van der Waals surface area contributed by atoms with Crippen LogP contribution in [-0.2, 0) is 6.54 Å². The second-order valence-electron chi connectivity index (χ2n) is 4.66. The number of nitrogens with two attached hydrogens (primary N) is 1. The predicted octanol–water partition coefficient (Wildman–Crippen LogP) is 2.27. The number of allylic oxidation sites excluding steroid dienone is 1. The van der Waals surface area contributed by atoms with Gasteiger partial charge in [0.2, 0.25) is 5.95 Å². The van der Waals surface area contributed by atoms with Gasteiger partial charge in [-0.2, -0.15) is 0 Å². The standard InChI is InChI=1S/C15H16N4O2S/c1-2-7-19-14(20)12-10(11-4-3-8-21-11)9-22-13(12)18-15(19)17-6-5-16/h2-4,8-9H,1,5-7,16H2,(H,17,18). The predicted molar refractivity (Wildman–Crippen MR) is 89.3 cm³/mol. The molecule has 0 amide bonds. The number of nitrogens with one attached hydrogen (secondary N) is 1. The number of furan rings is 1. The Balaban J connectivity index is 2.23. The third kappa shape index (κ3) is 2.44. The summed E-state index contributed by atoms with van der Waals surface area (Å²) >= 11 is 1.42. The Labute approximate surface area is 130 Å². The fourth-order valence-electron chi connectivity index (χ4n) is 2.25. The molecule has 3 rings (SSSR count). The van der Waals surface area contributed by atoms with Crippen molar-refractivity contribution in [2.45, 2.75) is 6.54 Å². The van der Waals surface area contributed by atoms with E-state index in [0.29, 0.717) is 41.6 Å². The molecule has 0 aliphatic carbocycles. The average Bonchev–Trinajstić information content (AvgIpc) is 3.17. The molecular weight excluding hydrogens is 300 g/mol. The van der Waals surface area contributed by atoms with Crippen molar-refractivity contribution in [1.29, 1.82) is 0 Å². The van der Waals surface area contributed by atoms with E-state index in [0.717, 1.165) is 5.56 Å². The molecule has 0 atom stereocenters. The third-order valence-electron chi connectivity index (χ3n) is 3.22. The van der Waals surface area contributed by atoms with E-state index < -0.39 is 0 Å². The van der Waals surface area contributed by atoms with Crippen LogP contribution in [0.25, 0.3) is 21.5 Å². The lowest BCUT2D eigenvalue weighted by molar-refractivity contribution is 0.583. The molecule has 7 heteroatoms. The molecular formula is C15H16N4O2S. The first-order valence-electron chi connectivity index (χ1n) is 6.87. The molecule has 6 nitrogen and oxygen atoms in total. The van der Waals surface area contributed by atoms with E-state index in [1.54, 1.807) is 23.0 Å². The molecule has 114 valence electrons. The van der Waals surface area contributed by atoms with Crippen LogP contribution in [0.15, 0.2) is 45.6 Å². The smallest absolute Gasteiger partial charge is 0.264 e. The maximum Gasteiger partial charge on any atom is 0.264 e. The number of fused-ring (bicyclic) bond motifs is 1. The summed E-state index contributed by atoms with van der Waals surface area (Å²) in [4.78, 5) is 18.1. The molecule has 22 heavy (non-hydrogen) atoms. The van der Waals surface area contributed by atoms with E-state index in [1.807, 2.05) is 11.4 Å². The van der Waals surface area contributed by atoms with Gasteiger partial charge in [0, 0.05) is 30.6 Å². The summed E-state index contributed by atoms with van der Waals surface area (Å²) in [6.45, 7) is 5.09. The summed E-state index contributed by atoms with van der Waals surface area (Å²) in [5, 5.41) is 5.55. The van der Waals surface area contributed by atoms with Crippen molar-refractivity contribution in [2.75, 3.05) is 18.4 Å². The SMILES string of the molecule is C=CCn1c(NCCN)nc2scc(-c3ccco3)c2c1=O. The highest BCUT2D eigenvalue weighted by Gasteiger charge is 2.17. The number of hydrogen-bond acceptors (Lipinski definition) is 6. The molecule has 0 radical (unpaired) electrons. The van der Waals surface area contributed by atoms with E-state index in [-0.39, 0.29) is 5.56 Å². The van der Waals surface area contributed by atoms with Gasteiger partial charge in [0.1, 0.15) is 10.6 Å². The highest BCUT2D eigenvalue weighted by Crippen LogP contribution is 2.31. The maximum absolute atomic E-state index is 12.8. The Kier molecular flexibility index (Phi) is 4.08. The highest BCUT2D eigenvalue weighted by molar-refractivity contribution is 7.17. The zero-order valence-corrected chi connectivity index (χ0v) is 12.7. The number of rotatable bonds is 6. The lowest BCUT2D eigenvalue weighted by atomic mass is 10.2. The van der Waals surface area contributed by atoms with Gasteiger partial charge in [0.15, 0.2) is 0 Å². The first kappa shape index (κ1) is 14.6. The van der Waals surface area contributed by atoms with E-state index in [4.69, 9.17) is 10.2 Å². The van der Waals surface area contributed by atoms with Crippen LogP contribution in [0.2, 0.25) is 0 Å². The topological polar surface area (TPSA) is 86.1 Å². The van der Waals surface area contributed by atoms with Crippen molar-refractivity contribution in [2.24, 2.45) is 5.73 Å². The van der Waals surface area contributed by atoms with E-state index in [9.17, 15) is 4.79 Å². The minimum atomic E-state index is -0.114. The van der Waals surface area contributed by atoms with Crippen molar-refractivity contribution in [3.63, 3.8) is 0 Å². The Morgan fingerprint density at radius 2 is 2.41 bits per heavy atom. The van der Waals surface area contributed by atoms with E-state index in [2.05, 4.69) is 16.9 Å². The van der Waals surface area contributed by atoms with E-state index >= 15 is 0 Å². The monoisotopic (exact) mass is 316 g/mol. The number of aromatic nitrogens is 2. The number of thiophene rings is 1. The minimum Gasteiger partial charge on any atom is -0.464 e. The molecule has 3 heterocycles. The molecule has 0 spiro atoms. The molecule has 0 saturated heterocycles. The largest absolute Gasteiger partial charge is 0.464 e. The summed E-state index contributed by atoms with van der Waals surface area (Å²) in [6, 6.07) is 3.63. The minimum absolute atomic E-state index is 0.114. The first-order valence-corrected chi connectivity index (χ1v) is 7.75. The Morgan fingerprint density at radius 1 is 1.55 bits per heavy atom. The van der Waals surface area contributed by atoms with Gasteiger partial charge in [-0.25, -0.2) is 4.98 Å². The van der Waals surface area contributed by atoms with Crippen molar-refractivity contribution in [3.8, 4) is 11.3 Å². The molecule has 0 fully saturated rings. The summed E-state index contributed by atoms with van der Waals surface area (Å²) < 4.78 is 6.97. The van der Waals surface area contributed by atoms with Crippen LogP contribution in [0.3, 0.4) is 0 Å². The summed E-state index contributed by atoms with van der Waals surface area (Å²) in [6.07, 6.45) is 3.26. The molecule has 0 saturated carbocycles. The lowest BCUT2D eigenvalue weighted by Crippen LogP contribution is -2.26.